The Hall–Kier alpha value is -2.93. The summed E-state index contributed by atoms with van der Waals surface area (Å²) >= 11 is 1.40. The summed E-state index contributed by atoms with van der Waals surface area (Å²) in [5.41, 5.74) is 3.92. The molecule has 2 amide bonds. The minimum atomic E-state index is -0.146. The van der Waals surface area contributed by atoms with Crippen LogP contribution in [0.5, 0.6) is 0 Å². The molecule has 0 aliphatic carbocycles. The maximum absolute atomic E-state index is 12.3. The van der Waals surface area contributed by atoms with Gasteiger partial charge >= 0.3 is 0 Å². The first kappa shape index (κ1) is 18.8. The fourth-order valence-electron chi connectivity index (χ4n) is 2.64. The Labute approximate surface area is 162 Å². The molecular weight excluding hydrogens is 360 g/mol. The van der Waals surface area contributed by atoms with E-state index in [4.69, 9.17) is 0 Å². The number of hydrogen-bond acceptors (Lipinski definition) is 5. The van der Waals surface area contributed by atoms with Crippen LogP contribution in [0.4, 0.5) is 10.8 Å². The van der Waals surface area contributed by atoms with Crippen molar-refractivity contribution >= 4 is 44.2 Å². The average molecular weight is 382 g/mol. The van der Waals surface area contributed by atoms with Crippen molar-refractivity contribution in [3.63, 3.8) is 0 Å². The van der Waals surface area contributed by atoms with Gasteiger partial charge in [-0.3, -0.25) is 9.59 Å². The Morgan fingerprint density at radius 2 is 1.78 bits per heavy atom. The van der Waals surface area contributed by atoms with Crippen LogP contribution in [0.15, 0.2) is 42.5 Å². The topological polar surface area (TPSA) is 74.3 Å². The second-order valence-corrected chi connectivity index (χ2v) is 7.55. The fraction of sp³-hybridized carbons (Fsp3) is 0.250. The number of carbonyl (C=O) groups excluding carboxylic acids is 2. The van der Waals surface area contributed by atoms with Crippen LogP contribution < -0.4 is 15.5 Å². The van der Waals surface area contributed by atoms with Crippen molar-refractivity contribution in [2.75, 3.05) is 24.3 Å². The van der Waals surface area contributed by atoms with Crippen molar-refractivity contribution < 1.29 is 9.59 Å². The number of thiazole rings is 1. The van der Waals surface area contributed by atoms with Crippen molar-refractivity contribution in [2.24, 2.45) is 0 Å². The number of carbonyl (C=O) groups is 2. The van der Waals surface area contributed by atoms with E-state index in [1.54, 1.807) is 0 Å². The number of hydrogen-bond donors (Lipinski definition) is 2. The highest BCUT2D eigenvalue weighted by molar-refractivity contribution is 7.22. The number of amides is 2. The maximum atomic E-state index is 12.3. The predicted molar refractivity (Wildman–Crippen MR) is 110 cm³/mol. The number of nitrogens with one attached hydrogen (secondary N) is 2. The summed E-state index contributed by atoms with van der Waals surface area (Å²) in [6.45, 7) is 1.96. The molecule has 0 atom stereocenters. The normalized spacial score (nSPS) is 10.6. The Kier molecular flexibility index (Phi) is 5.71. The van der Waals surface area contributed by atoms with Gasteiger partial charge in [0.1, 0.15) is 0 Å². The number of aromatic nitrogens is 1. The molecular formula is C20H22N4O2S. The van der Waals surface area contributed by atoms with Crippen molar-refractivity contribution in [2.45, 2.75) is 19.9 Å². The van der Waals surface area contributed by atoms with Crippen LogP contribution in [0.3, 0.4) is 0 Å². The molecule has 3 aromatic rings. The van der Waals surface area contributed by atoms with Gasteiger partial charge in [0.05, 0.1) is 16.6 Å². The molecule has 7 heteroatoms. The van der Waals surface area contributed by atoms with Gasteiger partial charge in [0.2, 0.25) is 11.8 Å². The van der Waals surface area contributed by atoms with Gasteiger partial charge in [0.25, 0.3) is 0 Å². The minimum Gasteiger partial charge on any atom is -0.378 e. The van der Waals surface area contributed by atoms with Crippen LogP contribution in [0.25, 0.3) is 10.2 Å². The van der Waals surface area contributed by atoms with E-state index < -0.39 is 0 Å². The van der Waals surface area contributed by atoms with Gasteiger partial charge in [-0.05, 0) is 35.4 Å². The SMILES string of the molecule is CC(=O)Nc1nc2ccc(CC(=O)NCc3ccc(N(C)C)cc3)cc2s1. The van der Waals surface area contributed by atoms with E-state index in [0.717, 1.165) is 27.0 Å². The van der Waals surface area contributed by atoms with Crippen LogP contribution in [0.1, 0.15) is 18.1 Å². The standard InChI is InChI=1S/C20H22N4O2S/c1-13(25)22-20-23-17-9-6-15(10-18(17)27-20)11-19(26)21-12-14-4-7-16(8-5-14)24(2)3/h4-10H,11-12H2,1-3H3,(H,21,26)(H,22,23,25). The van der Waals surface area contributed by atoms with Crippen molar-refractivity contribution in [3.8, 4) is 0 Å². The highest BCUT2D eigenvalue weighted by Gasteiger charge is 2.08. The second-order valence-electron chi connectivity index (χ2n) is 6.52. The number of anilines is 2. The van der Waals surface area contributed by atoms with Crippen LogP contribution in [-0.4, -0.2) is 30.9 Å². The average Bonchev–Trinajstić information content (AvgIpc) is 3.01. The molecule has 0 unspecified atom stereocenters. The first-order valence-corrected chi connectivity index (χ1v) is 9.42. The van der Waals surface area contributed by atoms with E-state index in [-0.39, 0.29) is 11.8 Å². The molecule has 0 radical (unpaired) electrons. The summed E-state index contributed by atoms with van der Waals surface area (Å²) in [7, 11) is 3.99. The van der Waals surface area contributed by atoms with Crippen LogP contribution in [-0.2, 0) is 22.6 Å². The maximum Gasteiger partial charge on any atom is 0.224 e. The quantitative estimate of drug-likeness (QED) is 0.687. The smallest absolute Gasteiger partial charge is 0.224 e. The zero-order valence-electron chi connectivity index (χ0n) is 15.6. The zero-order valence-corrected chi connectivity index (χ0v) is 16.4. The summed E-state index contributed by atoms with van der Waals surface area (Å²) in [5, 5.41) is 6.21. The molecule has 140 valence electrons. The van der Waals surface area contributed by atoms with Gasteiger partial charge in [-0.15, -0.1) is 0 Å². The Balaban J connectivity index is 1.59. The third kappa shape index (κ3) is 5.04. The zero-order chi connectivity index (χ0) is 19.4. The van der Waals surface area contributed by atoms with Gasteiger partial charge in [0, 0.05) is 33.3 Å². The van der Waals surface area contributed by atoms with Gasteiger partial charge in [0.15, 0.2) is 5.13 Å². The lowest BCUT2D eigenvalue weighted by atomic mass is 10.1. The summed E-state index contributed by atoms with van der Waals surface area (Å²) in [6.07, 6.45) is 0.305. The Morgan fingerprint density at radius 3 is 2.44 bits per heavy atom. The first-order valence-electron chi connectivity index (χ1n) is 8.61. The Morgan fingerprint density at radius 1 is 1.07 bits per heavy atom. The van der Waals surface area contributed by atoms with Crippen LogP contribution in [0.2, 0.25) is 0 Å². The van der Waals surface area contributed by atoms with Crippen molar-refractivity contribution in [3.05, 3.63) is 53.6 Å². The molecule has 1 heterocycles. The first-order chi connectivity index (χ1) is 12.9. The molecule has 2 aromatic carbocycles. The van der Waals surface area contributed by atoms with E-state index in [0.29, 0.717) is 18.1 Å². The number of rotatable bonds is 6. The number of fused-ring (bicyclic) bond motifs is 1. The largest absolute Gasteiger partial charge is 0.378 e. The molecule has 0 saturated heterocycles. The highest BCUT2D eigenvalue weighted by atomic mass is 32.1. The van der Waals surface area contributed by atoms with E-state index >= 15 is 0 Å². The molecule has 1 aromatic heterocycles. The second kappa shape index (κ2) is 8.18. The third-order valence-electron chi connectivity index (χ3n) is 4.04. The monoisotopic (exact) mass is 382 g/mol. The molecule has 2 N–H and O–H groups in total. The summed E-state index contributed by atoms with van der Waals surface area (Å²) in [5.74, 6) is -0.176. The number of nitrogens with zero attached hydrogens (tertiary/aromatic N) is 2. The van der Waals surface area contributed by atoms with E-state index in [1.165, 1.54) is 18.3 Å². The van der Waals surface area contributed by atoms with E-state index in [9.17, 15) is 9.59 Å². The lowest BCUT2D eigenvalue weighted by molar-refractivity contribution is -0.120. The fourth-order valence-corrected chi connectivity index (χ4v) is 3.62. The van der Waals surface area contributed by atoms with Crippen molar-refractivity contribution in [1.82, 2.24) is 10.3 Å². The van der Waals surface area contributed by atoms with E-state index in [2.05, 4.69) is 15.6 Å². The minimum absolute atomic E-state index is 0.0300. The molecule has 0 aliphatic rings. The van der Waals surface area contributed by atoms with Gasteiger partial charge < -0.3 is 15.5 Å². The van der Waals surface area contributed by atoms with E-state index in [1.807, 2.05) is 61.5 Å². The van der Waals surface area contributed by atoms with Crippen LogP contribution in [0, 0.1) is 0 Å². The lowest BCUT2D eigenvalue weighted by Crippen LogP contribution is -2.24. The van der Waals surface area contributed by atoms with Gasteiger partial charge in [-0.2, -0.15) is 0 Å². The molecule has 0 aliphatic heterocycles. The van der Waals surface area contributed by atoms with Crippen molar-refractivity contribution in [1.29, 1.82) is 0 Å². The summed E-state index contributed by atoms with van der Waals surface area (Å²) in [4.78, 5) is 29.8. The molecule has 0 bridgehead atoms. The molecule has 27 heavy (non-hydrogen) atoms. The predicted octanol–water partition coefficient (Wildman–Crippen LogP) is 3.18. The molecule has 6 nitrogen and oxygen atoms in total. The number of benzene rings is 2. The van der Waals surface area contributed by atoms with Crippen LogP contribution >= 0.6 is 11.3 Å². The van der Waals surface area contributed by atoms with Gasteiger partial charge in [-0.25, -0.2) is 4.98 Å². The van der Waals surface area contributed by atoms with Gasteiger partial charge in [-0.1, -0.05) is 29.5 Å². The lowest BCUT2D eigenvalue weighted by Gasteiger charge is -2.13. The molecule has 0 fully saturated rings. The Bertz CT molecular complexity index is 964. The third-order valence-corrected chi connectivity index (χ3v) is 4.98. The summed E-state index contributed by atoms with van der Waals surface area (Å²) in [6, 6.07) is 13.8. The molecule has 3 rings (SSSR count). The molecule has 0 spiro atoms. The summed E-state index contributed by atoms with van der Waals surface area (Å²) < 4.78 is 0.948. The molecule has 0 saturated carbocycles. The highest BCUT2D eigenvalue weighted by Crippen LogP contribution is 2.27.